The van der Waals surface area contributed by atoms with Crippen molar-refractivity contribution in [3.8, 4) is 0 Å². The quantitative estimate of drug-likeness (QED) is 0.436. The number of aromatic nitrogens is 2. The van der Waals surface area contributed by atoms with E-state index in [2.05, 4.69) is 4.98 Å². The van der Waals surface area contributed by atoms with E-state index in [0.717, 1.165) is 11.6 Å². The first kappa shape index (κ1) is 21.9. The summed E-state index contributed by atoms with van der Waals surface area (Å²) >= 11 is 1.30. The number of halogens is 3. The van der Waals surface area contributed by atoms with E-state index in [4.69, 9.17) is 4.74 Å². The minimum atomic E-state index is -4.47. The van der Waals surface area contributed by atoms with Crippen LogP contribution in [0.2, 0.25) is 0 Å². The van der Waals surface area contributed by atoms with Gasteiger partial charge in [-0.1, -0.05) is 42.1 Å². The molecular weight excluding hydrogens is 417 g/mol. The lowest BCUT2D eigenvalue weighted by atomic mass is 10.1. The largest absolute Gasteiger partial charge is 0.465 e. The van der Waals surface area contributed by atoms with Crippen molar-refractivity contribution < 1.29 is 27.8 Å². The van der Waals surface area contributed by atoms with E-state index in [1.165, 1.54) is 37.2 Å². The van der Waals surface area contributed by atoms with Crippen molar-refractivity contribution in [2.45, 2.75) is 30.2 Å². The Bertz CT molecular complexity index is 1030. The number of aliphatic hydroxyl groups excluding tert-OH is 1. The minimum Gasteiger partial charge on any atom is -0.465 e. The molecular formula is C21H19F3N2O3S. The molecule has 1 aromatic heterocycles. The van der Waals surface area contributed by atoms with Gasteiger partial charge in [0, 0.05) is 5.75 Å². The Balaban J connectivity index is 1.84. The predicted octanol–water partition coefficient (Wildman–Crippen LogP) is 4.52. The average molecular weight is 436 g/mol. The maximum Gasteiger partial charge on any atom is 0.416 e. The molecule has 0 fully saturated rings. The molecule has 9 heteroatoms. The first-order valence-corrected chi connectivity index (χ1v) is 9.92. The van der Waals surface area contributed by atoms with Crippen molar-refractivity contribution >= 4 is 17.7 Å². The number of nitrogens with zero attached hydrogens (tertiary/aromatic N) is 2. The van der Waals surface area contributed by atoms with Crippen molar-refractivity contribution in [1.82, 2.24) is 9.55 Å². The Morgan fingerprint density at radius 2 is 1.97 bits per heavy atom. The maximum atomic E-state index is 13.3. The van der Waals surface area contributed by atoms with Crippen LogP contribution in [0.4, 0.5) is 13.2 Å². The van der Waals surface area contributed by atoms with E-state index >= 15 is 0 Å². The van der Waals surface area contributed by atoms with Crippen LogP contribution in [0, 0.1) is 0 Å². The average Bonchev–Trinajstić information content (AvgIpc) is 3.13. The molecule has 0 aliphatic heterocycles. The topological polar surface area (TPSA) is 64.3 Å². The Kier molecular flexibility index (Phi) is 6.84. The fourth-order valence-corrected chi connectivity index (χ4v) is 3.90. The van der Waals surface area contributed by atoms with E-state index < -0.39 is 17.7 Å². The van der Waals surface area contributed by atoms with Crippen LogP contribution >= 0.6 is 11.8 Å². The van der Waals surface area contributed by atoms with Crippen LogP contribution in [-0.4, -0.2) is 27.7 Å². The number of imidazole rings is 1. The van der Waals surface area contributed by atoms with Crippen LogP contribution < -0.4 is 0 Å². The van der Waals surface area contributed by atoms with Gasteiger partial charge in [0.05, 0.1) is 43.3 Å². The van der Waals surface area contributed by atoms with Gasteiger partial charge in [-0.05, 0) is 29.3 Å². The van der Waals surface area contributed by atoms with Crippen LogP contribution in [0.1, 0.15) is 32.7 Å². The van der Waals surface area contributed by atoms with Gasteiger partial charge in [0.2, 0.25) is 0 Å². The standard InChI is InChI=1S/C21H19F3N2O3S/c1-29-19(28)15-7-4-5-14(9-15)13-30-20-25-10-17(12-27)26(20)11-16-6-2-3-8-18(16)21(22,23)24/h2-10,27H,11-13H2,1H3. The molecule has 30 heavy (non-hydrogen) atoms. The highest BCUT2D eigenvalue weighted by Crippen LogP contribution is 2.33. The van der Waals surface area contributed by atoms with E-state index in [-0.39, 0.29) is 18.7 Å². The van der Waals surface area contributed by atoms with Gasteiger partial charge in [-0.15, -0.1) is 0 Å². The molecule has 0 saturated heterocycles. The number of carbonyl (C=O) groups excluding carboxylic acids is 1. The first-order valence-electron chi connectivity index (χ1n) is 8.94. The lowest BCUT2D eigenvalue weighted by molar-refractivity contribution is -0.138. The molecule has 5 nitrogen and oxygen atoms in total. The summed E-state index contributed by atoms with van der Waals surface area (Å²) in [6, 6.07) is 12.2. The van der Waals surface area contributed by atoms with Gasteiger partial charge in [-0.3, -0.25) is 0 Å². The molecule has 0 amide bonds. The first-order chi connectivity index (χ1) is 14.3. The third-order valence-electron chi connectivity index (χ3n) is 4.43. The van der Waals surface area contributed by atoms with Crippen molar-refractivity contribution in [2.75, 3.05) is 7.11 Å². The molecule has 3 aromatic rings. The van der Waals surface area contributed by atoms with Crippen molar-refractivity contribution in [3.05, 3.63) is 82.7 Å². The second-order valence-electron chi connectivity index (χ2n) is 6.41. The number of benzene rings is 2. The fraction of sp³-hybridized carbons (Fsp3) is 0.238. The smallest absolute Gasteiger partial charge is 0.416 e. The number of carbonyl (C=O) groups is 1. The number of thioether (sulfide) groups is 1. The van der Waals surface area contributed by atoms with Gasteiger partial charge in [0.25, 0.3) is 0 Å². The zero-order valence-corrected chi connectivity index (χ0v) is 16.8. The Labute approximate surface area is 175 Å². The van der Waals surface area contributed by atoms with Gasteiger partial charge >= 0.3 is 12.1 Å². The second kappa shape index (κ2) is 9.36. The summed E-state index contributed by atoms with van der Waals surface area (Å²) in [6.45, 7) is -0.421. The normalized spacial score (nSPS) is 11.5. The number of esters is 1. The van der Waals surface area contributed by atoms with Crippen LogP contribution in [0.3, 0.4) is 0 Å². The highest BCUT2D eigenvalue weighted by Gasteiger charge is 2.33. The molecule has 0 aliphatic carbocycles. The van der Waals surface area contributed by atoms with Crippen LogP contribution in [0.15, 0.2) is 59.9 Å². The number of hydrogen-bond acceptors (Lipinski definition) is 5. The zero-order valence-electron chi connectivity index (χ0n) is 16.0. The minimum absolute atomic E-state index is 0.0733. The van der Waals surface area contributed by atoms with Crippen molar-refractivity contribution in [3.63, 3.8) is 0 Å². The summed E-state index contributed by atoms with van der Waals surface area (Å²) in [5.74, 6) is -0.0112. The van der Waals surface area contributed by atoms with Crippen LogP contribution in [0.25, 0.3) is 0 Å². The predicted molar refractivity (Wildman–Crippen MR) is 106 cm³/mol. The number of ether oxygens (including phenoxy) is 1. The van der Waals surface area contributed by atoms with Crippen LogP contribution in [0.5, 0.6) is 0 Å². The Hall–Kier alpha value is -2.78. The second-order valence-corrected chi connectivity index (χ2v) is 7.35. The molecule has 2 aromatic carbocycles. The maximum absolute atomic E-state index is 13.3. The summed E-state index contributed by atoms with van der Waals surface area (Å²) in [5, 5.41) is 10.1. The van der Waals surface area contributed by atoms with Gasteiger partial charge < -0.3 is 14.4 Å². The molecule has 1 N–H and O–H groups in total. The molecule has 158 valence electrons. The molecule has 0 radical (unpaired) electrons. The molecule has 0 bridgehead atoms. The van der Waals surface area contributed by atoms with E-state index in [9.17, 15) is 23.1 Å². The number of aliphatic hydroxyl groups is 1. The van der Waals surface area contributed by atoms with E-state index in [1.807, 2.05) is 6.07 Å². The van der Waals surface area contributed by atoms with E-state index in [1.54, 1.807) is 28.8 Å². The molecule has 0 unspecified atom stereocenters. The Morgan fingerprint density at radius 3 is 2.67 bits per heavy atom. The summed E-state index contributed by atoms with van der Waals surface area (Å²) in [4.78, 5) is 15.9. The number of methoxy groups -OCH3 is 1. The summed E-state index contributed by atoms with van der Waals surface area (Å²) in [5.41, 5.74) is 1.03. The third kappa shape index (κ3) is 5.03. The molecule has 3 rings (SSSR count). The van der Waals surface area contributed by atoms with Gasteiger partial charge in [-0.25, -0.2) is 9.78 Å². The zero-order chi connectivity index (χ0) is 21.7. The number of rotatable bonds is 7. The van der Waals surface area contributed by atoms with Crippen LogP contribution in [-0.2, 0) is 29.8 Å². The number of hydrogen-bond donors (Lipinski definition) is 1. The van der Waals surface area contributed by atoms with Crippen molar-refractivity contribution in [1.29, 1.82) is 0 Å². The fourth-order valence-electron chi connectivity index (χ4n) is 2.96. The number of alkyl halides is 3. The summed E-state index contributed by atoms with van der Waals surface area (Å²) in [6.07, 6.45) is -3.03. The molecule has 0 atom stereocenters. The SMILES string of the molecule is COC(=O)c1cccc(CSc2ncc(CO)n2Cc2ccccc2C(F)(F)F)c1. The monoisotopic (exact) mass is 436 g/mol. The highest BCUT2D eigenvalue weighted by molar-refractivity contribution is 7.98. The summed E-state index contributed by atoms with van der Waals surface area (Å²) in [7, 11) is 1.30. The summed E-state index contributed by atoms with van der Waals surface area (Å²) < 4.78 is 46.3. The molecule has 0 aliphatic rings. The van der Waals surface area contributed by atoms with Crippen molar-refractivity contribution in [2.24, 2.45) is 0 Å². The molecule has 0 spiro atoms. The molecule has 1 heterocycles. The molecule has 0 saturated carbocycles. The lowest BCUT2D eigenvalue weighted by Crippen LogP contribution is -2.13. The third-order valence-corrected chi connectivity index (χ3v) is 5.49. The van der Waals surface area contributed by atoms with E-state index in [0.29, 0.717) is 22.2 Å². The van der Waals surface area contributed by atoms with Gasteiger partial charge in [-0.2, -0.15) is 13.2 Å². The van der Waals surface area contributed by atoms with Gasteiger partial charge in [0.1, 0.15) is 0 Å². The lowest BCUT2D eigenvalue weighted by Gasteiger charge is -2.16. The van der Waals surface area contributed by atoms with Gasteiger partial charge in [0.15, 0.2) is 5.16 Å². The Morgan fingerprint density at radius 1 is 1.20 bits per heavy atom. The highest BCUT2D eigenvalue weighted by atomic mass is 32.2.